The molecule has 4 rings (SSSR count). The van der Waals surface area contributed by atoms with E-state index in [-0.39, 0.29) is 0 Å². The van der Waals surface area contributed by atoms with Gasteiger partial charge in [0.15, 0.2) is 5.54 Å². The van der Waals surface area contributed by atoms with Crippen LogP contribution in [-0.4, -0.2) is 57.3 Å². The fraction of sp³-hybridized carbons (Fsp3) is 0.280. The smallest absolute Gasteiger partial charge is 0.330 e. The van der Waals surface area contributed by atoms with Crippen LogP contribution in [0.2, 0.25) is 0 Å². The van der Waals surface area contributed by atoms with Gasteiger partial charge in [-0.1, -0.05) is 60.2 Å². The van der Waals surface area contributed by atoms with Gasteiger partial charge in [0.1, 0.15) is 0 Å². The number of rotatable bonds is 4. The van der Waals surface area contributed by atoms with Gasteiger partial charge in [-0.2, -0.15) is 0 Å². The van der Waals surface area contributed by atoms with Crippen molar-refractivity contribution < 1.29 is 24.3 Å². The molecule has 2 fully saturated rings. The summed E-state index contributed by atoms with van der Waals surface area (Å²) in [4.78, 5) is 54.1. The predicted molar refractivity (Wildman–Crippen MR) is 122 cm³/mol. The van der Waals surface area contributed by atoms with Crippen LogP contribution in [0.5, 0.6) is 0 Å². The first-order valence-corrected chi connectivity index (χ1v) is 10.6. The first-order valence-electron chi connectivity index (χ1n) is 10.6. The van der Waals surface area contributed by atoms with Gasteiger partial charge in [-0.15, -0.1) is 0 Å². The molecule has 2 heterocycles. The van der Waals surface area contributed by atoms with E-state index in [4.69, 9.17) is 0 Å². The highest BCUT2D eigenvalue weighted by atomic mass is 16.4. The third-order valence-electron chi connectivity index (χ3n) is 6.58. The Bertz CT molecular complexity index is 1140. The van der Waals surface area contributed by atoms with Gasteiger partial charge in [0, 0.05) is 12.7 Å². The minimum atomic E-state index is -1.91. The molecule has 170 valence electrons. The lowest BCUT2D eigenvalue weighted by molar-refractivity contribution is -0.154. The van der Waals surface area contributed by atoms with Gasteiger partial charge in [-0.25, -0.2) is 9.59 Å². The van der Waals surface area contributed by atoms with E-state index >= 15 is 0 Å². The highest BCUT2D eigenvalue weighted by Gasteiger charge is 2.70. The normalized spacial score (nSPS) is 26.7. The summed E-state index contributed by atoms with van der Waals surface area (Å²) in [6, 6.07) is 14.7. The van der Waals surface area contributed by atoms with Gasteiger partial charge in [0.25, 0.3) is 0 Å². The SMILES string of the molecule is Cc1ccc(NC(=O)N2C(C=Cc3ccccc3)C3C(=O)N(C)C(=O)C3C2(C)C(=O)O)cc1. The quantitative estimate of drug-likeness (QED) is 0.701. The topological polar surface area (TPSA) is 107 Å². The number of hydrogen-bond donors (Lipinski definition) is 2. The van der Waals surface area contributed by atoms with Crippen molar-refractivity contribution in [2.24, 2.45) is 11.8 Å². The molecule has 2 aromatic rings. The molecule has 8 heteroatoms. The second kappa shape index (κ2) is 8.20. The number of aryl methyl sites for hydroxylation is 1. The van der Waals surface area contributed by atoms with Crippen LogP contribution in [0.3, 0.4) is 0 Å². The molecule has 4 atom stereocenters. The summed E-state index contributed by atoms with van der Waals surface area (Å²) in [5.41, 5.74) is 0.391. The maximum atomic E-state index is 13.4. The van der Waals surface area contributed by atoms with Crippen LogP contribution in [0.1, 0.15) is 18.1 Å². The Labute approximate surface area is 191 Å². The molecule has 0 bridgehead atoms. The molecular weight excluding hydrogens is 422 g/mol. The van der Waals surface area contributed by atoms with Crippen LogP contribution in [0.4, 0.5) is 10.5 Å². The second-order valence-corrected chi connectivity index (χ2v) is 8.62. The number of amides is 4. The molecule has 0 aliphatic carbocycles. The monoisotopic (exact) mass is 447 g/mol. The zero-order valence-electron chi connectivity index (χ0n) is 18.6. The van der Waals surface area contributed by atoms with Crippen molar-refractivity contribution >= 4 is 35.6 Å². The molecule has 0 saturated carbocycles. The van der Waals surface area contributed by atoms with Gasteiger partial charge >= 0.3 is 12.0 Å². The van der Waals surface area contributed by atoms with Crippen LogP contribution in [0.15, 0.2) is 60.7 Å². The number of benzene rings is 2. The average molecular weight is 447 g/mol. The van der Waals surface area contributed by atoms with Gasteiger partial charge in [-0.05, 0) is 31.5 Å². The molecule has 4 unspecified atom stereocenters. The maximum Gasteiger partial charge on any atom is 0.330 e. The average Bonchev–Trinajstić information content (AvgIpc) is 3.20. The number of anilines is 1. The Balaban J connectivity index is 1.80. The number of carboxylic acid groups (broad SMARTS) is 1. The summed E-state index contributed by atoms with van der Waals surface area (Å²) in [5, 5.41) is 12.9. The van der Waals surface area contributed by atoms with E-state index in [0.717, 1.165) is 20.9 Å². The highest BCUT2D eigenvalue weighted by molar-refractivity contribution is 6.11. The van der Waals surface area contributed by atoms with Crippen molar-refractivity contribution in [3.05, 3.63) is 71.8 Å². The van der Waals surface area contributed by atoms with E-state index in [1.165, 1.54) is 14.0 Å². The highest BCUT2D eigenvalue weighted by Crippen LogP contribution is 2.49. The van der Waals surface area contributed by atoms with Crippen molar-refractivity contribution in [2.45, 2.75) is 25.4 Å². The minimum Gasteiger partial charge on any atom is -0.479 e. The lowest BCUT2D eigenvalue weighted by Crippen LogP contribution is -2.59. The van der Waals surface area contributed by atoms with Crippen LogP contribution in [0, 0.1) is 18.8 Å². The van der Waals surface area contributed by atoms with Crippen molar-refractivity contribution in [1.82, 2.24) is 9.80 Å². The summed E-state index contributed by atoms with van der Waals surface area (Å²) in [6.07, 6.45) is 3.37. The number of aliphatic carboxylic acids is 1. The van der Waals surface area contributed by atoms with Crippen molar-refractivity contribution in [3.63, 3.8) is 0 Å². The first-order chi connectivity index (χ1) is 15.7. The van der Waals surface area contributed by atoms with Crippen LogP contribution in [0.25, 0.3) is 6.08 Å². The fourth-order valence-electron chi connectivity index (χ4n) is 4.77. The minimum absolute atomic E-state index is 0.482. The summed E-state index contributed by atoms with van der Waals surface area (Å²) in [6.45, 7) is 3.25. The molecule has 4 amide bonds. The second-order valence-electron chi connectivity index (χ2n) is 8.62. The Morgan fingerprint density at radius 2 is 1.67 bits per heavy atom. The van der Waals surface area contributed by atoms with Crippen molar-refractivity contribution in [3.8, 4) is 0 Å². The number of nitrogens with zero attached hydrogens (tertiary/aromatic N) is 2. The molecule has 2 aliphatic heterocycles. The molecule has 0 aromatic heterocycles. The largest absolute Gasteiger partial charge is 0.479 e. The van der Waals surface area contributed by atoms with E-state index in [2.05, 4.69) is 5.32 Å². The predicted octanol–water partition coefficient (Wildman–Crippen LogP) is 3.00. The van der Waals surface area contributed by atoms with E-state index in [0.29, 0.717) is 5.69 Å². The Morgan fingerprint density at radius 3 is 2.27 bits per heavy atom. The fourth-order valence-corrected chi connectivity index (χ4v) is 4.77. The van der Waals surface area contributed by atoms with E-state index in [9.17, 15) is 24.3 Å². The van der Waals surface area contributed by atoms with Crippen LogP contribution >= 0.6 is 0 Å². The summed E-state index contributed by atoms with van der Waals surface area (Å²) >= 11 is 0. The van der Waals surface area contributed by atoms with Crippen LogP contribution in [-0.2, 0) is 14.4 Å². The molecule has 2 N–H and O–H groups in total. The number of fused-ring (bicyclic) bond motifs is 1. The number of hydrogen-bond acceptors (Lipinski definition) is 4. The van der Waals surface area contributed by atoms with E-state index < -0.39 is 47.2 Å². The summed E-state index contributed by atoms with van der Waals surface area (Å²) in [7, 11) is 1.35. The standard InChI is InChI=1S/C25H25N3O5/c1-15-9-12-17(13-10-15)26-24(33)28-18(14-11-16-7-5-4-6-8-16)19-20(25(28,2)23(31)32)22(30)27(3)21(19)29/h4-14,18-20H,1-3H3,(H,26,33)(H,31,32). The third kappa shape index (κ3) is 3.57. The number of carboxylic acids is 1. The lowest BCUT2D eigenvalue weighted by Gasteiger charge is -2.37. The number of nitrogens with one attached hydrogen (secondary N) is 1. The molecule has 2 aliphatic rings. The van der Waals surface area contributed by atoms with Gasteiger partial charge in [-0.3, -0.25) is 14.5 Å². The number of likely N-dealkylation sites (tertiary alicyclic amines) is 2. The first kappa shape index (κ1) is 22.3. The number of imide groups is 1. The molecule has 2 saturated heterocycles. The Kier molecular flexibility index (Phi) is 5.53. The molecule has 33 heavy (non-hydrogen) atoms. The zero-order valence-corrected chi connectivity index (χ0v) is 18.6. The van der Waals surface area contributed by atoms with Crippen molar-refractivity contribution in [2.75, 3.05) is 12.4 Å². The maximum absolute atomic E-state index is 13.4. The summed E-state index contributed by atoms with van der Waals surface area (Å²) < 4.78 is 0. The van der Waals surface area contributed by atoms with Gasteiger partial charge in [0.05, 0.1) is 17.9 Å². The van der Waals surface area contributed by atoms with Crippen molar-refractivity contribution in [1.29, 1.82) is 0 Å². The van der Waals surface area contributed by atoms with E-state index in [1.807, 2.05) is 49.4 Å². The molecule has 0 radical (unpaired) electrons. The Hall–Kier alpha value is -3.94. The molecule has 0 spiro atoms. The third-order valence-corrected chi connectivity index (χ3v) is 6.58. The van der Waals surface area contributed by atoms with Gasteiger partial charge < -0.3 is 15.3 Å². The zero-order chi connectivity index (χ0) is 23.9. The molecular formula is C25H25N3O5. The molecule has 2 aromatic carbocycles. The molecule has 8 nitrogen and oxygen atoms in total. The lowest BCUT2D eigenvalue weighted by atomic mass is 9.81. The number of carbonyl (C=O) groups excluding carboxylic acids is 3. The number of urea groups is 1. The Morgan fingerprint density at radius 1 is 1.03 bits per heavy atom. The van der Waals surface area contributed by atoms with E-state index in [1.54, 1.807) is 24.3 Å². The summed E-state index contributed by atoms with van der Waals surface area (Å²) in [5.74, 6) is -4.62. The van der Waals surface area contributed by atoms with Gasteiger partial charge in [0.2, 0.25) is 11.8 Å². The number of carbonyl (C=O) groups is 4. The van der Waals surface area contributed by atoms with Crippen LogP contribution < -0.4 is 5.32 Å².